The fraction of sp³-hybridized carbons (Fsp3) is 0.600. The maximum Gasteiger partial charge on any atom is 0.230 e. The van der Waals surface area contributed by atoms with Crippen molar-refractivity contribution in [3.63, 3.8) is 0 Å². The quantitative estimate of drug-likeness (QED) is 0.767. The standard InChI is InChI=1S/C20H27N5OS/c26-19(14-27-20-22-23-24-25(20)18-8-4-5-9-18)21-17-12-10-16(11-13-17)15-6-2-1-3-7-15/h1-3,6-7,16-18H,4-5,8-14H2,(H,21,26). The number of hydrogen-bond acceptors (Lipinski definition) is 5. The number of tetrazole rings is 1. The van der Waals surface area contributed by atoms with Crippen LogP contribution in [-0.2, 0) is 4.79 Å². The number of thioether (sulfide) groups is 1. The molecule has 0 aliphatic heterocycles. The molecule has 2 aliphatic rings. The van der Waals surface area contributed by atoms with Gasteiger partial charge in [-0.25, -0.2) is 4.68 Å². The van der Waals surface area contributed by atoms with Gasteiger partial charge in [0.25, 0.3) is 0 Å². The minimum absolute atomic E-state index is 0.0872. The van der Waals surface area contributed by atoms with Crippen molar-refractivity contribution in [2.45, 2.75) is 74.5 Å². The summed E-state index contributed by atoms with van der Waals surface area (Å²) in [5, 5.41) is 16.0. The number of carbonyl (C=O) groups excluding carboxylic acids is 1. The second-order valence-corrected chi connectivity index (χ2v) is 8.60. The number of aromatic nitrogens is 4. The molecule has 2 aliphatic carbocycles. The minimum atomic E-state index is 0.0872. The lowest BCUT2D eigenvalue weighted by Crippen LogP contribution is -2.38. The molecule has 7 heteroatoms. The zero-order valence-electron chi connectivity index (χ0n) is 15.6. The average molecular weight is 386 g/mol. The Morgan fingerprint density at radius 3 is 2.56 bits per heavy atom. The molecule has 0 atom stereocenters. The first kappa shape index (κ1) is 18.5. The van der Waals surface area contributed by atoms with E-state index in [1.807, 2.05) is 4.68 Å². The number of benzene rings is 1. The summed E-state index contributed by atoms with van der Waals surface area (Å²) in [5.41, 5.74) is 1.43. The summed E-state index contributed by atoms with van der Waals surface area (Å²) in [6.07, 6.45) is 9.13. The fourth-order valence-corrected chi connectivity index (χ4v) is 5.11. The van der Waals surface area contributed by atoms with Crippen LogP contribution < -0.4 is 5.32 Å². The van der Waals surface area contributed by atoms with Crippen molar-refractivity contribution in [3.05, 3.63) is 35.9 Å². The van der Waals surface area contributed by atoms with Gasteiger partial charge in [-0.15, -0.1) is 5.10 Å². The molecular weight excluding hydrogens is 358 g/mol. The van der Waals surface area contributed by atoms with E-state index in [1.54, 1.807) is 0 Å². The van der Waals surface area contributed by atoms with Crippen molar-refractivity contribution in [2.75, 3.05) is 5.75 Å². The Labute approximate surface area is 164 Å². The Hall–Kier alpha value is -1.89. The highest BCUT2D eigenvalue weighted by atomic mass is 32.2. The maximum absolute atomic E-state index is 12.4. The van der Waals surface area contributed by atoms with E-state index in [4.69, 9.17) is 0 Å². The van der Waals surface area contributed by atoms with Gasteiger partial charge < -0.3 is 5.32 Å². The Morgan fingerprint density at radius 2 is 1.81 bits per heavy atom. The molecule has 1 aromatic carbocycles. The van der Waals surface area contributed by atoms with Crippen LogP contribution in [0.5, 0.6) is 0 Å². The first-order chi connectivity index (χ1) is 13.3. The topological polar surface area (TPSA) is 72.7 Å². The molecule has 0 radical (unpaired) electrons. The predicted octanol–water partition coefficient (Wildman–Crippen LogP) is 3.72. The molecule has 144 valence electrons. The Kier molecular flexibility index (Phi) is 6.07. The monoisotopic (exact) mass is 385 g/mol. The summed E-state index contributed by atoms with van der Waals surface area (Å²) in [7, 11) is 0. The summed E-state index contributed by atoms with van der Waals surface area (Å²) >= 11 is 1.45. The van der Waals surface area contributed by atoms with Crippen LogP contribution in [0.1, 0.15) is 68.9 Å². The average Bonchev–Trinajstić information content (AvgIpc) is 3.39. The highest BCUT2D eigenvalue weighted by Gasteiger charge is 2.25. The molecule has 0 unspecified atom stereocenters. The highest BCUT2D eigenvalue weighted by Crippen LogP contribution is 2.33. The van der Waals surface area contributed by atoms with Gasteiger partial charge in [-0.05, 0) is 60.4 Å². The molecule has 1 heterocycles. The molecule has 27 heavy (non-hydrogen) atoms. The molecule has 0 saturated heterocycles. The van der Waals surface area contributed by atoms with Crippen LogP contribution in [0.4, 0.5) is 0 Å². The third-order valence-corrected chi connectivity index (χ3v) is 6.76. The van der Waals surface area contributed by atoms with Crippen LogP contribution in [0.15, 0.2) is 35.5 Å². The summed E-state index contributed by atoms with van der Waals surface area (Å²) in [6, 6.07) is 11.4. The fourth-order valence-electron chi connectivity index (χ4n) is 4.35. The number of amides is 1. The predicted molar refractivity (Wildman–Crippen MR) is 106 cm³/mol. The van der Waals surface area contributed by atoms with E-state index in [2.05, 4.69) is 51.2 Å². The van der Waals surface area contributed by atoms with Crippen molar-refractivity contribution in [1.82, 2.24) is 25.5 Å². The number of hydrogen-bond donors (Lipinski definition) is 1. The highest BCUT2D eigenvalue weighted by molar-refractivity contribution is 7.99. The van der Waals surface area contributed by atoms with Gasteiger partial charge in [0.2, 0.25) is 11.1 Å². The lowest BCUT2D eigenvalue weighted by atomic mass is 9.82. The number of nitrogens with one attached hydrogen (secondary N) is 1. The van der Waals surface area contributed by atoms with Crippen molar-refractivity contribution in [1.29, 1.82) is 0 Å². The Morgan fingerprint density at radius 1 is 1.07 bits per heavy atom. The van der Waals surface area contributed by atoms with Crippen molar-refractivity contribution in [2.24, 2.45) is 0 Å². The van der Waals surface area contributed by atoms with Crippen molar-refractivity contribution in [3.8, 4) is 0 Å². The van der Waals surface area contributed by atoms with Gasteiger partial charge in [-0.1, -0.05) is 54.9 Å². The van der Waals surface area contributed by atoms with E-state index in [0.717, 1.165) is 43.7 Å². The van der Waals surface area contributed by atoms with Gasteiger partial charge >= 0.3 is 0 Å². The molecule has 2 saturated carbocycles. The third-order valence-electron chi connectivity index (χ3n) is 5.83. The van der Waals surface area contributed by atoms with Crippen molar-refractivity contribution < 1.29 is 4.79 Å². The smallest absolute Gasteiger partial charge is 0.230 e. The van der Waals surface area contributed by atoms with E-state index in [-0.39, 0.29) is 5.91 Å². The largest absolute Gasteiger partial charge is 0.353 e. The first-order valence-corrected chi connectivity index (χ1v) is 11.0. The van der Waals surface area contributed by atoms with Gasteiger partial charge in [0, 0.05) is 6.04 Å². The van der Waals surface area contributed by atoms with Crippen LogP contribution in [0.3, 0.4) is 0 Å². The zero-order valence-corrected chi connectivity index (χ0v) is 16.4. The molecule has 0 spiro atoms. The molecule has 1 amide bonds. The number of rotatable bonds is 6. The lowest BCUT2D eigenvalue weighted by molar-refractivity contribution is -0.119. The van der Waals surface area contributed by atoms with Gasteiger partial charge in [0.15, 0.2) is 0 Å². The maximum atomic E-state index is 12.4. The van der Waals surface area contributed by atoms with Crippen LogP contribution in [0, 0.1) is 0 Å². The molecule has 6 nitrogen and oxygen atoms in total. The SMILES string of the molecule is O=C(CSc1nnnn1C1CCCC1)NC1CCC(c2ccccc2)CC1. The third kappa shape index (κ3) is 4.69. The molecule has 0 bridgehead atoms. The van der Waals surface area contributed by atoms with Crippen LogP contribution in [0.25, 0.3) is 0 Å². The lowest BCUT2D eigenvalue weighted by Gasteiger charge is -2.29. The van der Waals surface area contributed by atoms with Gasteiger partial charge in [0.05, 0.1) is 11.8 Å². The molecule has 2 aromatic rings. The van der Waals surface area contributed by atoms with Gasteiger partial charge in [-0.3, -0.25) is 4.79 Å². The molecule has 2 fully saturated rings. The summed E-state index contributed by atoms with van der Waals surface area (Å²) in [5.74, 6) is 1.10. The summed E-state index contributed by atoms with van der Waals surface area (Å²) in [6.45, 7) is 0. The molecule has 1 aromatic heterocycles. The number of nitrogens with zero attached hydrogens (tertiary/aromatic N) is 4. The molecule has 4 rings (SSSR count). The van der Waals surface area contributed by atoms with Crippen LogP contribution in [-0.4, -0.2) is 37.9 Å². The Bertz CT molecular complexity index is 736. The van der Waals surface area contributed by atoms with Crippen LogP contribution >= 0.6 is 11.8 Å². The Balaban J connectivity index is 1.22. The minimum Gasteiger partial charge on any atom is -0.353 e. The molecule has 1 N–H and O–H groups in total. The van der Waals surface area contributed by atoms with Crippen molar-refractivity contribution >= 4 is 17.7 Å². The van der Waals surface area contributed by atoms with Gasteiger partial charge in [0.1, 0.15) is 0 Å². The summed E-state index contributed by atoms with van der Waals surface area (Å²) < 4.78 is 1.91. The summed E-state index contributed by atoms with van der Waals surface area (Å²) in [4.78, 5) is 12.4. The van der Waals surface area contributed by atoms with E-state index >= 15 is 0 Å². The van der Waals surface area contributed by atoms with E-state index < -0.39 is 0 Å². The second kappa shape index (κ2) is 8.87. The molecular formula is C20H27N5OS. The first-order valence-electron chi connectivity index (χ1n) is 10.0. The van der Waals surface area contributed by atoms with E-state index in [0.29, 0.717) is 23.8 Å². The van der Waals surface area contributed by atoms with Gasteiger partial charge in [-0.2, -0.15) is 0 Å². The van der Waals surface area contributed by atoms with E-state index in [9.17, 15) is 4.79 Å². The zero-order chi connectivity index (χ0) is 18.5. The van der Waals surface area contributed by atoms with Crippen LogP contribution in [0.2, 0.25) is 0 Å². The normalized spacial score (nSPS) is 23.4. The number of carbonyl (C=O) groups is 1. The van der Waals surface area contributed by atoms with E-state index in [1.165, 1.54) is 30.2 Å². The second-order valence-electron chi connectivity index (χ2n) is 7.66.